The van der Waals surface area contributed by atoms with Gasteiger partial charge in [-0.25, -0.2) is 13.1 Å². The van der Waals surface area contributed by atoms with Crippen LogP contribution in [0.15, 0.2) is 39.8 Å². The number of aryl methyl sites for hydroxylation is 2. The summed E-state index contributed by atoms with van der Waals surface area (Å²) in [4.78, 5) is 0.167. The van der Waals surface area contributed by atoms with Gasteiger partial charge in [0.2, 0.25) is 5.88 Å². The smallest absolute Gasteiger partial charge is 0.264 e. The van der Waals surface area contributed by atoms with Gasteiger partial charge in [0.15, 0.2) is 0 Å². The van der Waals surface area contributed by atoms with Gasteiger partial charge in [0.1, 0.15) is 0 Å². The van der Waals surface area contributed by atoms with E-state index in [1.54, 1.807) is 19.1 Å². The zero-order valence-corrected chi connectivity index (χ0v) is 11.8. The molecule has 0 atom stereocenters. The number of nitrogens with zero attached hydrogens (tertiary/aromatic N) is 1. The summed E-state index contributed by atoms with van der Waals surface area (Å²) in [5.41, 5.74) is 1.60. The fraction of sp³-hybridized carbons (Fsp3) is 0.250. The zero-order valence-electron chi connectivity index (χ0n) is 10.3. The van der Waals surface area contributed by atoms with Crippen molar-refractivity contribution in [2.24, 2.45) is 0 Å². The third-order valence-electron chi connectivity index (χ3n) is 2.48. The Morgan fingerprint density at radius 3 is 2.53 bits per heavy atom. The van der Waals surface area contributed by atoms with Crippen LogP contribution in [0.25, 0.3) is 0 Å². The van der Waals surface area contributed by atoms with Gasteiger partial charge in [-0.2, -0.15) is 0 Å². The van der Waals surface area contributed by atoms with Gasteiger partial charge >= 0.3 is 0 Å². The average Bonchev–Trinajstić information content (AvgIpc) is 2.75. The minimum absolute atomic E-state index is 0.0994. The molecule has 1 aromatic carbocycles. The highest BCUT2D eigenvalue weighted by Crippen LogP contribution is 2.17. The summed E-state index contributed by atoms with van der Waals surface area (Å²) >= 11 is 5.63. The molecule has 0 aliphatic rings. The van der Waals surface area contributed by atoms with Crippen LogP contribution in [0.2, 0.25) is 0 Å². The Morgan fingerprint density at radius 2 is 2.00 bits per heavy atom. The molecule has 0 aliphatic heterocycles. The Morgan fingerprint density at radius 1 is 1.32 bits per heavy atom. The van der Waals surface area contributed by atoms with E-state index in [0.29, 0.717) is 18.0 Å². The first kappa shape index (κ1) is 13.9. The summed E-state index contributed by atoms with van der Waals surface area (Å²) in [7, 11) is -3.65. The maximum absolute atomic E-state index is 12.1. The summed E-state index contributed by atoms with van der Waals surface area (Å²) in [6.45, 7) is 1.71. The van der Waals surface area contributed by atoms with E-state index in [1.165, 1.54) is 18.2 Å². The molecule has 0 radical (unpaired) electrons. The second-order valence-corrected chi connectivity index (χ2v) is 6.08. The zero-order chi connectivity index (χ0) is 13.9. The molecule has 0 unspecified atom stereocenters. The van der Waals surface area contributed by atoms with E-state index in [2.05, 4.69) is 9.88 Å². The van der Waals surface area contributed by atoms with Crippen LogP contribution >= 0.6 is 11.6 Å². The quantitative estimate of drug-likeness (QED) is 0.861. The highest BCUT2D eigenvalue weighted by molar-refractivity contribution is 7.92. The molecule has 2 rings (SSSR count). The molecule has 0 fully saturated rings. The van der Waals surface area contributed by atoms with Gasteiger partial charge in [0, 0.05) is 11.9 Å². The normalized spacial score (nSPS) is 11.5. The molecule has 1 heterocycles. The lowest BCUT2D eigenvalue weighted by molar-refractivity contribution is 0.430. The largest absolute Gasteiger partial charge is 0.338 e. The number of hydrogen-bond acceptors (Lipinski definition) is 4. The first-order valence-corrected chi connectivity index (χ1v) is 7.64. The summed E-state index contributed by atoms with van der Waals surface area (Å²) in [6, 6.07) is 8.06. The molecule has 1 aromatic heterocycles. The lowest BCUT2D eigenvalue weighted by atomic mass is 10.2. The topological polar surface area (TPSA) is 72.2 Å². The van der Waals surface area contributed by atoms with Crippen LogP contribution in [0.3, 0.4) is 0 Å². The van der Waals surface area contributed by atoms with Crippen LogP contribution in [-0.2, 0) is 16.4 Å². The van der Waals surface area contributed by atoms with Gasteiger partial charge in [0.05, 0.1) is 10.6 Å². The van der Waals surface area contributed by atoms with Crippen molar-refractivity contribution in [3.8, 4) is 0 Å². The molecule has 19 heavy (non-hydrogen) atoms. The Balaban J connectivity index is 2.19. The van der Waals surface area contributed by atoms with E-state index in [-0.39, 0.29) is 10.8 Å². The minimum Gasteiger partial charge on any atom is -0.338 e. The van der Waals surface area contributed by atoms with Crippen LogP contribution in [0.1, 0.15) is 11.3 Å². The van der Waals surface area contributed by atoms with Crippen molar-refractivity contribution in [3.05, 3.63) is 41.6 Å². The molecular weight excluding hydrogens is 288 g/mol. The molecule has 1 N–H and O–H groups in total. The standard InChI is InChI=1S/C12H13ClN2O3S/c1-9-8-12(18-14-9)15-19(16,17)11-4-2-10(3-5-11)6-7-13/h2-5,8,15H,6-7H2,1H3. The number of anilines is 1. The van der Waals surface area contributed by atoms with Gasteiger partial charge in [-0.05, 0) is 31.0 Å². The van der Waals surface area contributed by atoms with Crippen LogP contribution < -0.4 is 4.72 Å². The Hall–Kier alpha value is -1.53. The number of hydrogen-bond donors (Lipinski definition) is 1. The van der Waals surface area contributed by atoms with E-state index >= 15 is 0 Å². The van der Waals surface area contributed by atoms with E-state index in [1.807, 2.05) is 0 Å². The molecule has 5 nitrogen and oxygen atoms in total. The third-order valence-corrected chi connectivity index (χ3v) is 4.03. The minimum atomic E-state index is -3.65. The second kappa shape index (κ2) is 5.63. The van der Waals surface area contributed by atoms with Gasteiger partial charge in [-0.3, -0.25) is 0 Å². The van der Waals surface area contributed by atoms with E-state index in [4.69, 9.17) is 16.1 Å². The van der Waals surface area contributed by atoms with Crippen LogP contribution in [0.5, 0.6) is 0 Å². The Bertz CT molecular complexity index is 650. The molecule has 0 aliphatic carbocycles. The Kier molecular flexibility index (Phi) is 4.11. The van der Waals surface area contributed by atoms with E-state index < -0.39 is 10.0 Å². The maximum Gasteiger partial charge on any atom is 0.264 e. The molecule has 102 valence electrons. The van der Waals surface area contributed by atoms with Gasteiger partial charge < -0.3 is 4.52 Å². The molecule has 7 heteroatoms. The van der Waals surface area contributed by atoms with Crippen LogP contribution in [-0.4, -0.2) is 19.5 Å². The van der Waals surface area contributed by atoms with Crippen molar-refractivity contribution in [1.29, 1.82) is 0 Å². The molecule has 0 spiro atoms. The van der Waals surface area contributed by atoms with Crippen molar-refractivity contribution < 1.29 is 12.9 Å². The van der Waals surface area contributed by atoms with Crippen molar-refractivity contribution in [3.63, 3.8) is 0 Å². The average molecular weight is 301 g/mol. The van der Waals surface area contributed by atoms with E-state index in [0.717, 1.165) is 5.56 Å². The molecule has 0 saturated carbocycles. The highest BCUT2D eigenvalue weighted by Gasteiger charge is 2.16. The van der Waals surface area contributed by atoms with Crippen molar-refractivity contribution in [2.75, 3.05) is 10.6 Å². The maximum atomic E-state index is 12.1. The predicted molar refractivity (Wildman–Crippen MR) is 72.9 cm³/mol. The number of aromatic nitrogens is 1. The molecule has 2 aromatic rings. The van der Waals surface area contributed by atoms with Crippen molar-refractivity contribution in [1.82, 2.24) is 5.16 Å². The van der Waals surface area contributed by atoms with Crippen LogP contribution in [0.4, 0.5) is 5.88 Å². The van der Waals surface area contributed by atoms with Gasteiger partial charge in [0.25, 0.3) is 10.0 Å². The van der Waals surface area contributed by atoms with Crippen molar-refractivity contribution in [2.45, 2.75) is 18.2 Å². The number of benzene rings is 1. The molecule has 0 bridgehead atoms. The first-order valence-electron chi connectivity index (χ1n) is 5.62. The number of rotatable bonds is 5. The van der Waals surface area contributed by atoms with Gasteiger partial charge in [-0.1, -0.05) is 17.3 Å². The lowest BCUT2D eigenvalue weighted by Gasteiger charge is -2.05. The highest BCUT2D eigenvalue weighted by atomic mass is 35.5. The SMILES string of the molecule is Cc1cc(NS(=O)(=O)c2ccc(CCCl)cc2)on1. The van der Waals surface area contributed by atoms with Crippen LogP contribution in [0, 0.1) is 6.92 Å². The number of sulfonamides is 1. The van der Waals surface area contributed by atoms with Gasteiger partial charge in [-0.15, -0.1) is 11.6 Å². The fourth-order valence-corrected chi connectivity index (χ4v) is 2.74. The Labute approximate surface area is 116 Å². The molecular formula is C12H13ClN2O3S. The van der Waals surface area contributed by atoms with E-state index in [9.17, 15) is 8.42 Å². The fourth-order valence-electron chi connectivity index (χ4n) is 1.55. The summed E-state index contributed by atoms with van der Waals surface area (Å²) < 4.78 is 31.3. The predicted octanol–water partition coefficient (Wildman–Crippen LogP) is 2.57. The third kappa shape index (κ3) is 3.48. The number of halogens is 1. The summed E-state index contributed by atoms with van der Waals surface area (Å²) in [6.07, 6.45) is 0.705. The number of nitrogens with one attached hydrogen (secondary N) is 1. The number of alkyl halides is 1. The summed E-state index contributed by atoms with van der Waals surface area (Å²) in [5.74, 6) is 0.601. The van der Waals surface area contributed by atoms with Crippen molar-refractivity contribution >= 4 is 27.5 Å². The lowest BCUT2D eigenvalue weighted by Crippen LogP contribution is -2.12. The summed E-state index contributed by atoms with van der Waals surface area (Å²) in [5, 5.41) is 3.62. The first-order chi connectivity index (χ1) is 9.01. The second-order valence-electron chi connectivity index (χ2n) is 4.02. The molecule has 0 saturated heterocycles. The molecule has 0 amide bonds. The monoisotopic (exact) mass is 300 g/mol.